The first-order valence-corrected chi connectivity index (χ1v) is 3.28. The smallest absolute Gasteiger partial charge is 0.141 e. The molecule has 0 spiro atoms. The summed E-state index contributed by atoms with van der Waals surface area (Å²) < 4.78 is 0. The van der Waals surface area contributed by atoms with Crippen LogP contribution < -0.4 is 11.6 Å². The molecule has 0 aliphatic carbocycles. The van der Waals surface area contributed by atoms with Crippen LogP contribution in [-0.2, 0) is 0 Å². The van der Waals surface area contributed by atoms with Crippen molar-refractivity contribution in [3.63, 3.8) is 0 Å². The average molecular weight is 151 g/mol. The normalized spacial score (nSPS) is 27.5. The molecule has 2 heterocycles. The molecule has 0 aromatic heterocycles. The van der Waals surface area contributed by atoms with Gasteiger partial charge in [0.25, 0.3) is 0 Å². The van der Waals surface area contributed by atoms with Crippen LogP contribution in [-0.4, -0.2) is 22.4 Å². The molecule has 0 amide bonds. The number of nitrogens with two attached hydrogens (primary N) is 2. The molecule has 1 atom stereocenters. The minimum Gasteiger partial charge on any atom is -0.305 e. The number of hydrogen-bond donors (Lipinski definition) is 2. The van der Waals surface area contributed by atoms with E-state index < -0.39 is 0 Å². The van der Waals surface area contributed by atoms with Crippen molar-refractivity contribution in [1.82, 2.24) is 9.91 Å². The number of fused-ring (bicyclic) bond motifs is 1. The van der Waals surface area contributed by atoms with E-state index in [0.29, 0.717) is 0 Å². The molecule has 2 rings (SSSR count). The van der Waals surface area contributed by atoms with Gasteiger partial charge in [0.05, 0.1) is 12.0 Å². The summed E-state index contributed by atoms with van der Waals surface area (Å²) in [5, 5.41) is 1.46. The molecular weight excluding hydrogens is 142 g/mol. The van der Waals surface area contributed by atoms with Gasteiger partial charge in [-0.3, -0.25) is 5.01 Å². The quantitative estimate of drug-likeness (QED) is 0.441. The number of nitrogens with zero attached hydrogens (tertiary/aromatic N) is 3. The van der Waals surface area contributed by atoms with Gasteiger partial charge in [0, 0.05) is 18.6 Å². The number of hydrogen-bond acceptors (Lipinski definition) is 5. The van der Waals surface area contributed by atoms with E-state index in [1.807, 2.05) is 11.1 Å². The van der Waals surface area contributed by atoms with E-state index in [0.717, 1.165) is 5.70 Å². The van der Waals surface area contributed by atoms with Gasteiger partial charge in [-0.05, 0) is 0 Å². The summed E-state index contributed by atoms with van der Waals surface area (Å²) in [4.78, 5) is 5.83. The van der Waals surface area contributed by atoms with E-state index in [2.05, 4.69) is 4.99 Å². The number of aliphatic imine (C=N–C) groups is 1. The van der Waals surface area contributed by atoms with Crippen LogP contribution in [0.2, 0.25) is 0 Å². The van der Waals surface area contributed by atoms with Crippen LogP contribution in [0.25, 0.3) is 0 Å². The number of rotatable bonds is 0. The largest absolute Gasteiger partial charge is 0.305 e. The molecule has 11 heavy (non-hydrogen) atoms. The van der Waals surface area contributed by atoms with E-state index in [4.69, 9.17) is 11.6 Å². The second kappa shape index (κ2) is 2.08. The predicted molar refractivity (Wildman–Crippen MR) is 41.6 cm³/mol. The lowest BCUT2D eigenvalue weighted by Crippen LogP contribution is -2.31. The molecular formula is C6H9N5. The molecule has 0 aromatic rings. The van der Waals surface area contributed by atoms with Crippen LogP contribution in [0, 0.1) is 0 Å². The Morgan fingerprint density at radius 2 is 2.27 bits per heavy atom. The predicted octanol–water partition coefficient (Wildman–Crippen LogP) is -0.883. The monoisotopic (exact) mass is 151 g/mol. The Labute approximate surface area is 64.2 Å². The Hall–Kier alpha value is -1.33. The van der Waals surface area contributed by atoms with Crippen molar-refractivity contribution in [3.8, 4) is 0 Å². The average Bonchev–Trinajstić information content (AvgIpc) is 2.33. The molecule has 2 aliphatic heterocycles. The van der Waals surface area contributed by atoms with Crippen molar-refractivity contribution < 1.29 is 0 Å². The number of hydrazine groups is 1. The van der Waals surface area contributed by atoms with E-state index in [1.165, 1.54) is 5.01 Å². The molecule has 1 unspecified atom stereocenters. The highest BCUT2D eigenvalue weighted by atomic mass is 15.4. The van der Waals surface area contributed by atoms with Gasteiger partial charge in [-0.2, -0.15) is 0 Å². The topological polar surface area (TPSA) is 70.9 Å². The second-order valence-electron chi connectivity index (χ2n) is 2.42. The van der Waals surface area contributed by atoms with Gasteiger partial charge < -0.3 is 10.6 Å². The van der Waals surface area contributed by atoms with Gasteiger partial charge in [-0.1, -0.05) is 0 Å². The maximum atomic E-state index is 5.63. The zero-order valence-electron chi connectivity index (χ0n) is 5.88. The van der Waals surface area contributed by atoms with Gasteiger partial charge in [0.2, 0.25) is 0 Å². The molecule has 0 saturated carbocycles. The zero-order chi connectivity index (χ0) is 7.84. The van der Waals surface area contributed by atoms with Crippen molar-refractivity contribution in [1.29, 1.82) is 0 Å². The maximum absolute atomic E-state index is 5.63. The summed E-state index contributed by atoms with van der Waals surface area (Å²) in [5.74, 6) is 5.49. The van der Waals surface area contributed by atoms with Crippen molar-refractivity contribution >= 4 is 6.34 Å². The molecule has 0 bridgehead atoms. The fourth-order valence-electron chi connectivity index (χ4n) is 1.05. The first-order chi connectivity index (χ1) is 5.27. The van der Waals surface area contributed by atoms with Gasteiger partial charge in [0.15, 0.2) is 0 Å². The molecule has 0 fully saturated rings. The SMILES string of the molecule is NC1N=CN2C=CN(N)C=C12. The Balaban J connectivity index is 2.30. The third-order valence-electron chi connectivity index (χ3n) is 1.63. The Morgan fingerprint density at radius 1 is 1.45 bits per heavy atom. The van der Waals surface area contributed by atoms with Gasteiger partial charge in [-0.25, -0.2) is 10.8 Å². The zero-order valence-corrected chi connectivity index (χ0v) is 5.88. The minimum absolute atomic E-state index is 0.272. The highest BCUT2D eigenvalue weighted by Gasteiger charge is 2.21. The lowest BCUT2D eigenvalue weighted by Gasteiger charge is -2.21. The molecule has 4 N–H and O–H groups in total. The third-order valence-corrected chi connectivity index (χ3v) is 1.63. The van der Waals surface area contributed by atoms with Crippen molar-refractivity contribution in [3.05, 3.63) is 24.3 Å². The van der Waals surface area contributed by atoms with E-state index in [1.54, 1.807) is 18.7 Å². The Kier molecular flexibility index (Phi) is 1.21. The summed E-state index contributed by atoms with van der Waals surface area (Å²) in [6, 6.07) is 0. The van der Waals surface area contributed by atoms with Crippen LogP contribution in [0.4, 0.5) is 0 Å². The maximum Gasteiger partial charge on any atom is 0.141 e. The fourth-order valence-corrected chi connectivity index (χ4v) is 1.05. The highest BCUT2D eigenvalue weighted by Crippen LogP contribution is 2.17. The molecule has 0 aromatic carbocycles. The first-order valence-electron chi connectivity index (χ1n) is 3.28. The van der Waals surface area contributed by atoms with Gasteiger partial charge in [0.1, 0.15) is 6.17 Å². The van der Waals surface area contributed by atoms with Crippen LogP contribution in [0.1, 0.15) is 0 Å². The Morgan fingerprint density at radius 3 is 3.09 bits per heavy atom. The minimum atomic E-state index is -0.272. The van der Waals surface area contributed by atoms with E-state index in [9.17, 15) is 0 Å². The van der Waals surface area contributed by atoms with Crippen LogP contribution in [0.5, 0.6) is 0 Å². The summed E-state index contributed by atoms with van der Waals surface area (Å²) in [6.07, 6.45) is 6.70. The summed E-state index contributed by atoms with van der Waals surface area (Å²) in [7, 11) is 0. The van der Waals surface area contributed by atoms with Crippen molar-refractivity contribution in [2.24, 2.45) is 16.6 Å². The molecule has 0 saturated heterocycles. The van der Waals surface area contributed by atoms with Crippen molar-refractivity contribution in [2.75, 3.05) is 0 Å². The Bertz CT molecular complexity index is 254. The van der Waals surface area contributed by atoms with Gasteiger partial charge in [-0.15, -0.1) is 0 Å². The summed E-state index contributed by atoms with van der Waals surface area (Å²) in [6.45, 7) is 0. The first kappa shape index (κ1) is 6.38. The molecule has 5 heteroatoms. The molecule has 2 aliphatic rings. The van der Waals surface area contributed by atoms with Crippen LogP contribution in [0.15, 0.2) is 29.3 Å². The van der Waals surface area contributed by atoms with Gasteiger partial charge >= 0.3 is 0 Å². The second-order valence-corrected chi connectivity index (χ2v) is 2.42. The summed E-state index contributed by atoms with van der Waals surface area (Å²) >= 11 is 0. The summed E-state index contributed by atoms with van der Waals surface area (Å²) in [5.41, 5.74) is 6.53. The highest BCUT2D eigenvalue weighted by molar-refractivity contribution is 5.65. The molecule has 0 radical (unpaired) electrons. The van der Waals surface area contributed by atoms with E-state index in [-0.39, 0.29) is 6.17 Å². The van der Waals surface area contributed by atoms with Crippen LogP contribution >= 0.6 is 0 Å². The standard InChI is InChI=1S/C6H9N5/c7-6-5-3-11(8)2-1-10(5)4-9-6/h1-4,6H,7-8H2. The lowest BCUT2D eigenvalue weighted by molar-refractivity contribution is 0.475. The van der Waals surface area contributed by atoms with Crippen LogP contribution in [0.3, 0.4) is 0 Å². The third kappa shape index (κ3) is 0.903. The fraction of sp³-hybridized carbons (Fsp3) is 0.167. The van der Waals surface area contributed by atoms with E-state index >= 15 is 0 Å². The molecule has 5 nitrogen and oxygen atoms in total. The lowest BCUT2D eigenvalue weighted by atomic mass is 10.3. The van der Waals surface area contributed by atoms with Crippen molar-refractivity contribution in [2.45, 2.75) is 6.17 Å². The molecule has 58 valence electrons.